The van der Waals surface area contributed by atoms with Crippen LogP contribution in [0.3, 0.4) is 0 Å². The van der Waals surface area contributed by atoms with Crippen molar-refractivity contribution in [2.24, 2.45) is 0 Å². The Bertz CT molecular complexity index is 927. The van der Waals surface area contributed by atoms with E-state index in [0.717, 1.165) is 60.9 Å². The molecule has 1 unspecified atom stereocenters. The van der Waals surface area contributed by atoms with Crippen LogP contribution >= 0.6 is 11.8 Å². The van der Waals surface area contributed by atoms with E-state index in [-0.39, 0.29) is 11.9 Å². The average molecular weight is 425 g/mol. The second kappa shape index (κ2) is 8.90. The molecule has 1 saturated heterocycles. The zero-order valence-electron chi connectivity index (χ0n) is 17.2. The highest BCUT2D eigenvalue weighted by Gasteiger charge is 2.22. The number of nitrogens with zero attached hydrogens (tertiary/aromatic N) is 1. The number of hydrogen-bond acceptors (Lipinski definition) is 5. The number of fused-ring (bicyclic) bond motifs is 2. The van der Waals surface area contributed by atoms with E-state index in [4.69, 9.17) is 9.47 Å². The maximum Gasteiger partial charge on any atom is 0.251 e. The van der Waals surface area contributed by atoms with Gasteiger partial charge in [-0.05, 0) is 80.2 Å². The first-order valence-corrected chi connectivity index (χ1v) is 11.9. The van der Waals surface area contributed by atoms with Gasteiger partial charge in [0.2, 0.25) is 0 Å². The van der Waals surface area contributed by atoms with E-state index < -0.39 is 0 Å². The maximum atomic E-state index is 13.1. The van der Waals surface area contributed by atoms with Crippen LogP contribution in [0.25, 0.3) is 0 Å². The number of benzene rings is 2. The lowest BCUT2D eigenvalue weighted by atomic mass is 10.0. The molecule has 3 aliphatic heterocycles. The van der Waals surface area contributed by atoms with Crippen LogP contribution in [0.2, 0.25) is 0 Å². The summed E-state index contributed by atoms with van der Waals surface area (Å²) in [6, 6.07) is 12.3. The van der Waals surface area contributed by atoms with Crippen LogP contribution in [0.1, 0.15) is 34.3 Å². The summed E-state index contributed by atoms with van der Waals surface area (Å²) in [5.41, 5.74) is 3.23. The van der Waals surface area contributed by atoms with Gasteiger partial charge in [0.1, 0.15) is 13.2 Å². The molecule has 2 aromatic carbocycles. The van der Waals surface area contributed by atoms with Gasteiger partial charge < -0.3 is 19.7 Å². The third-order valence-electron chi connectivity index (χ3n) is 6.05. The molecule has 158 valence electrons. The molecule has 3 aliphatic rings. The molecule has 1 fully saturated rings. The van der Waals surface area contributed by atoms with E-state index in [0.29, 0.717) is 13.2 Å². The first-order valence-electron chi connectivity index (χ1n) is 10.9. The van der Waals surface area contributed by atoms with Gasteiger partial charge in [0.05, 0.1) is 0 Å². The number of ether oxygens (including phenoxy) is 2. The van der Waals surface area contributed by atoms with Crippen molar-refractivity contribution >= 4 is 17.7 Å². The number of thioether (sulfide) groups is 1. The quantitative estimate of drug-likeness (QED) is 0.769. The van der Waals surface area contributed by atoms with Gasteiger partial charge in [-0.3, -0.25) is 4.79 Å². The lowest BCUT2D eigenvalue weighted by Crippen LogP contribution is -2.44. The normalized spacial score (nSPS) is 18.8. The van der Waals surface area contributed by atoms with Crippen molar-refractivity contribution in [1.82, 2.24) is 10.2 Å². The predicted octanol–water partition coefficient (Wildman–Crippen LogP) is 3.54. The summed E-state index contributed by atoms with van der Waals surface area (Å²) in [4.78, 5) is 16.8. The molecule has 1 amide bonds. The molecular weight excluding hydrogens is 396 g/mol. The molecule has 0 aliphatic carbocycles. The van der Waals surface area contributed by atoms with Crippen LogP contribution in [0.15, 0.2) is 41.3 Å². The highest BCUT2D eigenvalue weighted by molar-refractivity contribution is 7.99. The summed E-state index contributed by atoms with van der Waals surface area (Å²) < 4.78 is 11.4. The van der Waals surface area contributed by atoms with Crippen molar-refractivity contribution in [3.63, 3.8) is 0 Å². The van der Waals surface area contributed by atoms with Crippen LogP contribution in [-0.2, 0) is 12.8 Å². The smallest absolute Gasteiger partial charge is 0.251 e. The standard InChI is InChI=1S/C24H28N2O3S/c27-24(19-4-6-23-18(15-19)7-12-30-23)25-20(16-26-8-1-2-9-26)13-17-3-5-21-22(14-17)29-11-10-28-21/h3-6,14-15,20H,1-2,7-13,16H2,(H,25,27). The second-order valence-electron chi connectivity index (χ2n) is 8.28. The van der Waals surface area contributed by atoms with E-state index in [9.17, 15) is 4.79 Å². The first kappa shape index (κ1) is 19.8. The largest absolute Gasteiger partial charge is 0.486 e. The minimum Gasteiger partial charge on any atom is -0.486 e. The fraction of sp³-hybridized carbons (Fsp3) is 0.458. The van der Waals surface area contributed by atoms with Crippen molar-refractivity contribution < 1.29 is 14.3 Å². The topological polar surface area (TPSA) is 50.8 Å². The SMILES string of the molecule is O=C(NC(Cc1ccc2c(c1)OCCO2)CN1CCCC1)c1ccc2c(c1)CCS2. The molecule has 2 aromatic rings. The Kier molecular flexibility index (Phi) is 5.86. The van der Waals surface area contributed by atoms with Crippen LogP contribution in [0.4, 0.5) is 0 Å². The average Bonchev–Trinajstić information content (AvgIpc) is 3.44. The Morgan fingerprint density at radius 2 is 1.90 bits per heavy atom. The van der Waals surface area contributed by atoms with Gasteiger partial charge in [0.15, 0.2) is 11.5 Å². The lowest BCUT2D eigenvalue weighted by molar-refractivity contribution is 0.0927. The van der Waals surface area contributed by atoms with Gasteiger partial charge in [0, 0.05) is 28.8 Å². The number of nitrogens with one attached hydrogen (secondary N) is 1. The molecule has 30 heavy (non-hydrogen) atoms. The van der Waals surface area contributed by atoms with Crippen molar-refractivity contribution in [3.05, 3.63) is 53.1 Å². The highest BCUT2D eigenvalue weighted by Crippen LogP contribution is 2.32. The minimum absolute atomic E-state index is 0.0245. The van der Waals surface area contributed by atoms with Crippen LogP contribution in [0, 0.1) is 0 Å². The number of likely N-dealkylation sites (tertiary alicyclic amines) is 1. The van der Waals surface area contributed by atoms with Gasteiger partial charge in [-0.1, -0.05) is 6.07 Å². The van der Waals surface area contributed by atoms with Crippen molar-refractivity contribution in [2.75, 3.05) is 38.6 Å². The molecule has 0 aromatic heterocycles. The molecule has 5 nitrogen and oxygen atoms in total. The Labute approximate surface area is 182 Å². The molecule has 0 radical (unpaired) electrons. The second-order valence-corrected chi connectivity index (χ2v) is 9.42. The number of amides is 1. The molecule has 6 heteroatoms. The third-order valence-corrected chi connectivity index (χ3v) is 7.17. The van der Waals surface area contributed by atoms with Gasteiger partial charge in [-0.25, -0.2) is 0 Å². The monoisotopic (exact) mass is 424 g/mol. The highest BCUT2D eigenvalue weighted by atomic mass is 32.2. The number of carbonyl (C=O) groups excluding carboxylic acids is 1. The molecule has 0 saturated carbocycles. The first-order chi connectivity index (χ1) is 14.7. The summed E-state index contributed by atoms with van der Waals surface area (Å²) in [5.74, 6) is 2.75. The number of aryl methyl sites for hydroxylation is 1. The zero-order valence-corrected chi connectivity index (χ0v) is 18.0. The summed E-state index contributed by atoms with van der Waals surface area (Å²) in [5, 5.41) is 3.32. The number of hydrogen-bond donors (Lipinski definition) is 1. The van der Waals surface area contributed by atoms with Crippen LogP contribution in [0.5, 0.6) is 11.5 Å². The summed E-state index contributed by atoms with van der Waals surface area (Å²) in [6.07, 6.45) is 4.32. The Balaban J connectivity index is 1.31. The summed E-state index contributed by atoms with van der Waals surface area (Å²) >= 11 is 1.88. The molecular formula is C24H28N2O3S. The summed E-state index contributed by atoms with van der Waals surface area (Å²) in [7, 11) is 0. The maximum absolute atomic E-state index is 13.1. The van der Waals surface area contributed by atoms with Gasteiger partial charge >= 0.3 is 0 Å². The van der Waals surface area contributed by atoms with E-state index in [1.165, 1.54) is 23.3 Å². The van der Waals surface area contributed by atoms with Crippen molar-refractivity contribution in [3.8, 4) is 11.5 Å². The molecule has 3 heterocycles. The fourth-order valence-corrected chi connectivity index (χ4v) is 5.59. The number of carbonyl (C=O) groups is 1. The van der Waals surface area contributed by atoms with Crippen molar-refractivity contribution in [2.45, 2.75) is 36.6 Å². The lowest BCUT2D eigenvalue weighted by Gasteiger charge is -2.25. The Morgan fingerprint density at radius 3 is 2.77 bits per heavy atom. The predicted molar refractivity (Wildman–Crippen MR) is 119 cm³/mol. The summed E-state index contributed by atoms with van der Waals surface area (Å²) in [6.45, 7) is 4.29. The molecule has 0 spiro atoms. The van der Waals surface area contributed by atoms with Gasteiger partial charge in [-0.15, -0.1) is 11.8 Å². The van der Waals surface area contributed by atoms with E-state index >= 15 is 0 Å². The van der Waals surface area contributed by atoms with Crippen LogP contribution in [-0.4, -0.2) is 55.4 Å². The molecule has 0 bridgehead atoms. The zero-order chi connectivity index (χ0) is 20.3. The Hall–Kier alpha value is -2.18. The fourth-order valence-electron chi connectivity index (χ4n) is 4.53. The molecule has 5 rings (SSSR count). The van der Waals surface area contributed by atoms with Gasteiger partial charge in [-0.2, -0.15) is 0 Å². The van der Waals surface area contributed by atoms with E-state index in [1.807, 2.05) is 23.9 Å². The Morgan fingerprint density at radius 1 is 1.07 bits per heavy atom. The number of rotatable bonds is 6. The van der Waals surface area contributed by atoms with E-state index in [2.05, 4.69) is 34.5 Å². The minimum atomic E-state index is 0.0245. The van der Waals surface area contributed by atoms with Crippen LogP contribution < -0.4 is 14.8 Å². The molecule has 1 N–H and O–H groups in total. The molecule has 1 atom stereocenters. The third kappa shape index (κ3) is 4.44. The van der Waals surface area contributed by atoms with Crippen molar-refractivity contribution in [1.29, 1.82) is 0 Å². The van der Waals surface area contributed by atoms with Gasteiger partial charge in [0.25, 0.3) is 5.91 Å². The van der Waals surface area contributed by atoms with E-state index in [1.54, 1.807) is 0 Å².